The maximum absolute atomic E-state index is 6.23. The highest BCUT2D eigenvalue weighted by Crippen LogP contribution is 2.49. The molecule has 2 aromatic rings. The molecule has 0 radical (unpaired) electrons. The van der Waals surface area contributed by atoms with Crippen LogP contribution in [-0.2, 0) is 0 Å². The van der Waals surface area contributed by atoms with Gasteiger partial charge >= 0.3 is 0 Å². The van der Waals surface area contributed by atoms with Gasteiger partial charge in [0.05, 0.1) is 5.69 Å². The van der Waals surface area contributed by atoms with E-state index < -0.39 is 0 Å². The number of amidine groups is 2. The monoisotopic (exact) mass is 467 g/mol. The highest BCUT2D eigenvalue weighted by molar-refractivity contribution is 8.13. The van der Waals surface area contributed by atoms with Crippen LogP contribution in [0.1, 0.15) is 57.6 Å². The Morgan fingerprint density at radius 1 is 1.03 bits per heavy atom. The second kappa shape index (κ2) is 8.87. The summed E-state index contributed by atoms with van der Waals surface area (Å²) in [6.07, 6.45) is 6.56. The van der Waals surface area contributed by atoms with Crippen LogP contribution in [0, 0.1) is 25.2 Å². The normalized spacial score (nSPS) is 25.0. The molecule has 2 aromatic carbocycles. The van der Waals surface area contributed by atoms with Gasteiger partial charge in [0.2, 0.25) is 0 Å². The summed E-state index contributed by atoms with van der Waals surface area (Å²) in [6, 6.07) is 14.6. The van der Waals surface area contributed by atoms with Gasteiger partial charge in [-0.05, 0) is 92.5 Å². The molecular weight excluding hydrogens is 434 g/mol. The standard InChI is InChI=1S/C27H34ClN3S/c1-18-8-7-9-19(2)23(18)29-24-27(16-14-20(15-17-27)26(3,4)5)31(25(30-24)32-6)22-12-10-21(28)11-13-22/h7-13,20H,14-17H2,1-6H3. The van der Waals surface area contributed by atoms with E-state index in [1.54, 1.807) is 11.8 Å². The molecule has 3 nitrogen and oxygen atoms in total. The number of anilines is 1. The summed E-state index contributed by atoms with van der Waals surface area (Å²) in [5.41, 5.74) is 4.69. The Kier molecular flexibility index (Phi) is 6.48. The van der Waals surface area contributed by atoms with Crippen molar-refractivity contribution in [3.05, 3.63) is 58.6 Å². The SMILES string of the molecule is CSC1=NC(=Nc2c(C)cccc2C)C2(CCC(C(C)(C)C)CC2)N1c1ccc(Cl)cc1. The smallest absolute Gasteiger partial charge is 0.170 e. The molecule has 1 aliphatic carbocycles. The van der Waals surface area contributed by atoms with Gasteiger partial charge in [-0.1, -0.05) is 62.3 Å². The number of aliphatic imine (C=N–C) groups is 2. The molecule has 0 unspecified atom stereocenters. The maximum atomic E-state index is 6.23. The molecule has 32 heavy (non-hydrogen) atoms. The van der Waals surface area contributed by atoms with Crippen LogP contribution in [-0.4, -0.2) is 22.8 Å². The van der Waals surface area contributed by atoms with Crippen molar-refractivity contribution in [3.63, 3.8) is 0 Å². The Labute approximate surface area is 202 Å². The lowest BCUT2D eigenvalue weighted by Gasteiger charge is -2.47. The molecule has 1 saturated carbocycles. The van der Waals surface area contributed by atoms with Crippen molar-refractivity contribution >= 4 is 45.7 Å². The van der Waals surface area contributed by atoms with Crippen molar-refractivity contribution in [1.29, 1.82) is 0 Å². The first-order chi connectivity index (χ1) is 15.2. The van der Waals surface area contributed by atoms with E-state index in [0.29, 0.717) is 11.3 Å². The molecule has 1 fully saturated rings. The van der Waals surface area contributed by atoms with Crippen LogP contribution in [0.3, 0.4) is 0 Å². The van der Waals surface area contributed by atoms with Crippen LogP contribution in [0.15, 0.2) is 52.4 Å². The Bertz CT molecular complexity index is 1020. The van der Waals surface area contributed by atoms with E-state index in [2.05, 4.69) is 76.1 Å². The fourth-order valence-corrected chi connectivity index (χ4v) is 6.00. The summed E-state index contributed by atoms with van der Waals surface area (Å²) in [4.78, 5) is 12.9. The number of para-hydroxylation sites is 1. The Morgan fingerprint density at radius 2 is 1.62 bits per heavy atom. The predicted molar refractivity (Wildman–Crippen MR) is 142 cm³/mol. The molecular formula is C27H34ClN3S. The van der Waals surface area contributed by atoms with E-state index >= 15 is 0 Å². The summed E-state index contributed by atoms with van der Waals surface area (Å²) in [7, 11) is 0. The second-order valence-electron chi connectivity index (χ2n) is 10.3. The summed E-state index contributed by atoms with van der Waals surface area (Å²) >= 11 is 7.93. The number of benzene rings is 2. The van der Waals surface area contributed by atoms with Gasteiger partial charge < -0.3 is 4.90 Å². The number of hydrogen-bond acceptors (Lipinski definition) is 3. The maximum Gasteiger partial charge on any atom is 0.170 e. The first-order valence-electron chi connectivity index (χ1n) is 11.5. The first-order valence-corrected chi connectivity index (χ1v) is 13.1. The minimum absolute atomic E-state index is 0.220. The molecule has 2 aliphatic rings. The van der Waals surface area contributed by atoms with E-state index in [9.17, 15) is 0 Å². The average molecular weight is 468 g/mol. The number of aryl methyl sites for hydroxylation is 2. The van der Waals surface area contributed by atoms with Crippen LogP contribution >= 0.6 is 23.4 Å². The quantitative estimate of drug-likeness (QED) is 0.445. The lowest BCUT2D eigenvalue weighted by Crippen LogP contribution is -2.54. The van der Waals surface area contributed by atoms with Crippen LogP contribution in [0.2, 0.25) is 5.02 Å². The molecule has 1 aliphatic heterocycles. The zero-order valence-electron chi connectivity index (χ0n) is 20.1. The largest absolute Gasteiger partial charge is 0.307 e. The van der Waals surface area contributed by atoms with Crippen LogP contribution in [0.5, 0.6) is 0 Å². The molecule has 0 bridgehead atoms. The Hall–Kier alpha value is -1.78. The van der Waals surface area contributed by atoms with Crippen molar-refractivity contribution in [2.24, 2.45) is 21.3 Å². The molecule has 1 spiro atoms. The highest BCUT2D eigenvalue weighted by Gasteiger charge is 2.52. The minimum Gasteiger partial charge on any atom is -0.307 e. The van der Waals surface area contributed by atoms with Crippen LogP contribution < -0.4 is 4.90 Å². The second-order valence-corrected chi connectivity index (χ2v) is 11.5. The zero-order chi connectivity index (χ0) is 23.1. The molecule has 0 aromatic heterocycles. The first kappa shape index (κ1) is 23.4. The lowest BCUT2D eigenvalue weighted by molar-refractivity contribution is 0.158. The van der Waals surface area contributed by atoms with Gasteiger partial charge in [-0.15, -0.1) is 0 Å². The van der Waals surface area contributed by atoms with E-state index in [0.717, 1.165) is 40.2 Å². The Balaban J connectivity index is 1.84. The van der Waals surface area contributed by atoms with Gasteiger partial charge in [0, 0.05) is 10.7 Å². The summed E-state index contributed by atoms with van der Waals surface area (Å²) in [5, 5.41) is 1.78. The number of thioether (sulfide) groups is 1. The summed E-state index contributed by atoms with van der Waals surface area (Å²) in [6.45, 7) is 11.4. The van der Waals surface area contributed by atoms with Crippen molar-refractivity contribution in [1.82, 2.24) is 0 Å². The van der Waals surface area contributed by atoms with Gasteiger partial charge in [0.15, 0.2) is 11.0 Å². The number of nitrogens with zero attached hydrogens (tertiary/aromatic N) is 3. The average Bonchev–Trinajstić information content (AvgIpc) is 3.04. The van der Waals surface area contributed by atoms with Gasteiger partial charge in [-0.2, -0.15) is 0 Å². The van der Waals surface area contributed by atoms with Crippen molar-refractivity contribution < 1.29 is 0 Å². The van der Waals surface area contributed by atoms with Crippen molar-refractivity contribution in [2.75, 3.05) is 11.2 Å². The topological polar surface area (TPSA) is 28.0 Å². The summed E-state index contributed by atoms with van der Waals surface area (Å²) in [5.74, 6) is 1.67. The van der Waals surface area contributed by atoms with E-state index in [1.165, 1.54) is 24.0 Å². The number of halogens is 1. The zero-order valence-corrected chi connectivity index (χ0v) is 21.6. The molecule has 0 N–H and O–H groups in total. The molecule has 170 valence electrons. The van der Waals surface area contributed by atoms with Gasteiger partial charge in [0.25, 0.3) is 0 Å². The molecule has 1 heterocycles. The Morgan fingerprint density at radius 3 is 2.16 bits per heavy atom. The summed E-state index contributed by atoms with van der Waals surface area (Å²) < 4.78 is 0. The van der Waals surface area contributed by atoms with E-state index in [-0.39, 0.29) is 5.54 Å². The minimum atomic E-state index is -0.220. The van der Waals surface area contributed by atoms with Crippen molar-refractivity contribution in [2.45, 2.75) is 65.8 Å². The third-order valence-electron chi connectivity index (χ3n) is 7.20. The number of hydrogen-bond donors (Lipinski definition) is 0. The van der Waals surface area contributed by atoms with E-state index in [4.69, 9.17) is 21.6 Å². The number of rotatable bonds is 2. The lowest BCUT2D eigenvalue weighted by atomic mass is 9.66. The van der Waals surface area contributed by atoms with Crippen LogP contribution in [0.25, 0.3) is 0 Å². The van der Waals surface area contributed by atoms with Gasteiger partial charge in [-0.25, -0.2) is 9.98 Å². The molecule has 5 heteroatoms. The van der Waals surface area contributed by atoms with Crippen LogP contribution in [0.4, 0.5) is 11.4 Å². The van der Waals surface area contributed by atoms with Gasteiger partial charge in [0.1, 0.15) is 5.54 Å². The van der Waals surface area contributed by atoms with E-state index in [1.807, 2.05) is 12.1 Å². The fourth-order valence-electron chi connectivity index (χ4n) is 5.24. The van der Waals surface area contributed by atoms with Gasteiger partial charge in [-0.3, -0.25) is 0 Å². The molecule has 0 amide bonds. The predicted octanol–water partition coefficient (Wildman–Crippen LogP) is 8.20. The van der Waals surface area contributed by atoms with Crippen molar-refractivity contribution in [3.8, 4) is 0 Å². The molecule has 0 saturated heterocycles. The molecule has 0 atom stereocenters. The highest BCUT2D eigenvalue weighted by atomic mass is 35.5. The third kappa shape index (κ3) is 4.24. The molecule has 4 rings (SSSR count). The fraction of sp³-hybridized carbons (Fsp3) is 0.481. The third-order valence-corrected chi connectivity index (χ3v) is 8.09.